The van der Waals surface area contributed by atoms with Gasteiger partial charge in [0.05, 0.1) is 4.90 Å². The van der Waals surface area contributed by atoms with Crippen molar-refractivity contribution in [3.63, 3.8) is 0 Å². The molecule has 0 amide bonds. The van der Waals surface area contributed by atoms with Crippen molar-refractivity contribution in [2.24, 2.45) is 0 Å². The molecule has 1 aromatic carbocycles. The molecule has 0 aliphatic heterocycles. The van der Waals surface area contributed by atoms with Gasteiger partial charge < -0.3 is 5.32 Å². The van der Waals surface area contributed by atoms with Gasteiger partial charge in [-0.25, -0.2) is 13.4 Å². The van der Waals surface area contributed by atoms with Crippen LogP contribution in [0.1, 0.15) is 5.56 Å². The highest BCUT2D eigenvalue weighted by molar-refractivity contribution is 7.89. The Hall–Kier alpha value is -0.950. The van der Waals surface area contributed by atoms with Crippen molar-refractivity contribution in [3.8, 4) is 0 Å². The smallest absolute Gasteiger partial charge is 0.253 e. The molecule has 0 unspecified atom stereocenters. The van der Waals surface area contributed by atoms with E-state index in [1.807, 2.05) is 7.05 Å². The van der Waals surface area contributed by atoms with Crippen LogP contribution in [0, 0.1) is 0 Å². The van der Waals surface area contributed by atoms with E-state index in [0.29, 0.717) is 0 Å². The molecular formula is C10H17N3O2S. The average Bonchev–Trinajstić information content (AvgIpc) is 2.17. The maximum absolute atomic E-state index is 11.7. The maximum Gasteiger partial charge on any atom is 0.253 e. The lowest BCUT2D eigenvalue weighted by atomic mass is 10.2. The molecule has 5 nitrogen and oxygen atoms in total. The lowest BCUT2D eigenvalue weighted by Gasteiger charge is -2.12. The van der Waals surface area contributed by atoms with E-state index in [9.17, 15) is 8.42 Å². The number of nitrogens with zero attached hydrogens (tertiary/aromatic N) is 1. The van der Waals surface area contributed by atoms with E-state index in [2.05, 4.69) is 10.1 Å². The minimum atomic E-state index is -3.44. The van der Waals surface area contributed by atoms with Crippen molar-refractivity contribution in [1.82, 2.24) is 15.2 Å². The zero-order valence-corrected chi connectivity index (χ0v) is 10.5. The first-order valence-electron chi connectivity index (χ1n) is 4.89. The van der Waals surface area contributed by atoms with Crippen LogP contribution in [0.5, 0.6) is 0 Å². The molecule has 16 heavy (non-hydrogen) atoms. The number of hydrogen-bond acceptors (Lipinski definition) is 4. The van der Waals surface area contributed by atoms with Gasteiger partial charge in [0.1, 0.15) is 0 Å². The van der Waals surface area contributed by atoms with Crippen LogP contribution in [0.3, 0.4) is 0 Å². The van der Waals surface area contributed by atoms with Crippen LogP contribution in [0.15, 0.2) is 29.2 Å². The first kappa shape index (κ1) is 13.1. The van der Waals surface area contributed by atoms with E-state index in [-0.39, 0.29) is 4.90 Å². The van der Waals surface area contributed by atoms with E-state index in [4.69, 9.17) is 0 Å². The summed E-state index contributed by atoms with van der Waals surface area (Å²) < 4.78 is 23.5. The van der Waals surface area contributed by atoms with E-state index >= 15 is 0 Å². The lowest BCUT2D eigenvalue weighted by Crippen LogP contribution is -2.36. The topological polar surface area (TPSA) is 61.4 Å². The number of hydrazine groups is 1. The molecule has 0 aliphatic rings. The van der Waals surface area contributed by atoms with Crippen molar-refractivity contribution in [1.29, 1.82) is 0 Å². The molecular weight excluding hydrogens is 226 g/mol. The summed E-state index contributed by atoms with van der Waals surface area (Å²) in [6, 6.07) is 6.78. The molecule has 6 heteroatoms. The highest BCUT2D eigenvalue weighted by atomic mass is 32.2. The molecule has 1 rings (SSSR count). The van der Waals surface area contributed by atoms with Gasteiger partial charge in [-0.1, -0.05) is 12.1 Å². The van der Waals surface area contributed by atoms with Crippen LogP contribution < -0.4 is 10.1 Å². The number of benzene rings is 1. The highest BCUT2D eigenvalue weighted by Gasteiger charge is 2.13. The van der Waals surface area contributed by atoms with Crippen molar-refractivity contribution in [3.05, 3.63) is 29.8 Å². The molecule has 90 valence electrons. The highest BCUT2D eigenvalue weighted by Crippen LogP contribution is 2.10. The summed E-state index contributed by atoms with van der Waals surface area (Å²) in [7, 11) is 1.67. The first-order chi connectivity index (χ1) is 7.45. The summed E-state index contributed by atoms with van der Waals surface area (Å²) in [6.07, 6.45) is 0. The van der Waals surface area contributed by atoms with Gasteiger partial charge in [-0.2, -0.15) is 0 Å². The van der Waals surface area contributed by atoms with Crippen LogP contribution in [0.4, 0.5) is 0 Å². The van der Waals surface area contributed by atoms with Crippen LogP contribution >= 0.6 is 0 Å². The van der Waals surface area contributed by atoms with Gasteiger partial charge in [0.25, 0.3) is 10.0 Å². The third-order valence-corrected chi connectivity index (χ3v) is 3.42. The lowest BCUT2D eigenvalue weighted by molar-refractivity contribution is 0.364. The third kappa shape index (κ3) is 3.57. The van der Waals surface area contributed by atoms with Gasteiger partial charge >= 0.3 is 0 Å². The van der Waals surface area contributed by atoms with Crippen molar-refractivity contribution in [2.45, 2.75) is 11.4 Å². The number of sulfonamides is 1. The normalized spacial score (nSPS) is 12.0. The summed E-state index contributed by atoms with van der Waals surface area (Å²) in [5.41, 5.74) is 1.05. The molecule has 0 atom stereocenters. The summed E-state index contributed by atoms with van der Waals surface area (Å²) in [5.74, 6) is 0. The van der Waals surface area contributed by atoms with E-state index in [1.165, 1.54) is 5.01 Å². The van der Waals surface area contributed by atoms with E-state index in [1.54, 1.807) is 38.4 Å². The van der Waals surface area contributed by atoms with Gasteiger partial charge in [-0.3, -0.25) is 0 Å². The van der Waals surface area contributed by atoms with Crippen LogP contribution in [-0.4, -0.2) is 34.6 Å². The van der Waals surface area contributed by atoms with E-state index in [0.717, 1.165) is 12.1 Å². The van der Waals surface area contributed by atoms with Gasteiger partial charge in [0, 0.05) is 20.6 Å². The second-order valence-electron chi connectivity index (χ2n) is 3.66. The number of nitrogens with one attached hydrogen (secondary N) is 2. The molecule has 0 aromatic heterocycles. The largest absolute Gasteiger partial charge is 0.316 e. The monoisotopic (exact) mass is 243 g/mol. The van der Waals surface area contributed by atoms with Gasteiger partial charge in [-0.05, 0) is 24.7 Å². The van der Waals surface area contributed by atoms with E-state index < -0.39 is 10.0 Å². The molecule has 0 radical (unpaired) electrons. The molecule has 0 aliphatic carbocycles. The van der Waals surface area contributed by atoms with Crippen molar-refractivity contribution >= 4 is 10.0 Å². The maximum atomic E-state index is 11.7. The SMILES string of the molecule is CNCc1ccc(S(=O)(=O)NN(C)C)cc1. The Balaban J connectivity index is 2.89. The molecule has 0 fully saturated rings. The molecule has 2 N–H and O–H groups in total. The summed E-state index contributed by atoms with van der Waals surface area (Å²) in [4.78, 5) is 2.64. The van der Waals surface area contributed by atoms with Crippen LogP contribution in [0.2, 0.25) is 0 Å². The Bertz CT molecular complexity index is 426. The third-order valence-electron chi connectivity index (χ3n) is 1.92. The molecule has 0 saturated carbocycles. The predicted molar refractivity (Wildman–Crippen MR) is 63.2 cm³/mol. The summed E-state index contributed by atoms with van der Waals surface area (Å²) >= 11 is 0. The quantitative estimate of drug-likeness (QED) is 0.723. The molecule has 0 heterocycles. The Labute approximate surface area is 96.5 Å². The van der Waals surface area contributed by atoms with Crippen molar-refractivity contribution < 1.29 is 8.42 Å². The fourth-order valence-corrected chi connectivity index (χ4v) is 2.36. The summed E-state index contributed by atoms with van der Waals surface area (Å²) in [6.45, 7) is 0.724. The summed E-state index contributed by atoms with van der Waals surface area (Å²) in [5, 5.41) is 4.40. The number of rotatable bonds is 5. The zero-order valence-electron chi connectivity index (χ0n) is 9.69. The second kappa shape index (κ2) is 5.40. The first-order valence-corrected chi connectivity index (χ1v) is 6.37. The molecule has 0 spiro atoms. The molecule has 1 aromatic rings. The van der Waals surface area contributed by atoms with Crippen molar-refractivity contribution in [2.75, 3.05) is 21.1 Å². The Kier molecular flexibility index (Phi) is 4.43. The average molecular weight is 243 g/mol. The fraction of sp³-hybridized carbons (Fsp3) is 0.400. The zero-order chi connectivity index (χ0) is 12.2. The minimum absolute atomic E-state index is 0.265. The predicted octanol–water partition coefficient (Wildman–Crippen LogP) is 0.161. The van der Waals surface area contributed by atoms with Crippen LogP contribution in [-0.2, 0) is 16.6 Å². The standard InChI is InChI=1S/C10H17N3O2S/c1-11-8-9-4-6-10(7-5-9)16(14,15)12-13(2)3/h4-7,11-12H,8H2,1-3H3. The Morgan fingerprint density at radius 1 is 1.19 bits per heavy atom. The van der Waals surface area contributed by atoms with Gasteiger partial charge in [0.2, 0.25) is 0 Å². The fourth-order valence-electron chi connectivity index (χ4n) is 1.28. The molecule has 0 bridgehead atoms. The second-order valence-corrected chi connectivity index (χ2v) is 5.32. The van der Waals surface area contributed by atoms with Gasteiger partial charge in [0.15, 0.2) is 0 Å². The minimum Gasteiger partial charge on any atom is -0.316 e. The Morgan fingerprint density at radius 3 is 2.19 bits per heavy atom. The number of hydrogen-bond donors (Lipinski definition) is 2. The Morgan fingerprint density at radius 2 is 1.75 bits per heavy atom. The molecule has 0 saturated heterocycles. The van der Waals surface area contributed by atoms with Gasteiger partial charge in [-0.15, -0.1) is 4.83 Å². The van der Waals surface area contributed by atoms with Crippen LogP contribution in [0.25, 0.3) is 0 Å².